The van der Waals surface area contributed by atoms with Gasteiger partial charge in [0, 0.05) is 41.5 Å². The molecule has 1 saturated heterocycles. The number of piperidine rings is 1. The largest absolute Gasteiger partial charge is 0.492 e. The average Bonchev–Trinajstić information content (AvgIpc) is 3.05. The highest BCUT2D eigenvalue weighted by atomic mass is 35.5. The summed E-state index contributed by atoms with van der Waals surface area (Å²) >= 11 is 12.3. The highest BCUT2D eigenvalue weighted by Crippen LogP contribution is 2.46. The zero-order valence-electron chi connectivity index (χ0n) is 16.3. The van der Waals surface area contributed by atoms with Gasteiger partial charge in [0.15, 0.2) is 0 Å². The van der Waals surface area contributed by atoms with Gasteiger partial charge in [0.05, 0.1) is 23.1 Å². The second-order valence-corrected chi connectivity index (χ2v) is 8.40. The molecule has 2 aliphatic rings. The van der Waals surface area contributed by atoms with E-state index in [1.54, 1.807) is 12.4 Å². The molecule has 9 heteroatoms. The third kappa shape index (κ3) is 4.78. The number of carboxylic acid groups (broad SMARTS) is 1. The average molecular weight is 474 g/mol. The number of benzene rings is 1. The molecule has 0 aliphatic carbocycles. The number of carbonyl (C=O) groups is 1. The van der Waals surface area contributed by atoms with Gasteiger partial charge in [-0.2, -0.15) is 0 Å². The lowest BCUT2D eigenvalue weighted by molar-refractivity contribution is -0.137. The van der Waals surface area contributed by atoms with Crippen LogP contribution in [0.1, 0.15) is 30.4 Å². The van der Waals surface area contributed by atoms with Gasteiger partial charge in [0.25, 0.3) is 0 Å². The highest BCUT2D eigenvalue weighted by Gasteiger charge is 2.43. The van der Waals surface area contributed by atoms with Gasteiger partial charge < -0.3 is 19.5 Å². The number of aromatic nitrogens is 1. The Morgan fingerprint density at radius 1 is 1.23 bits per heavy atom. The maximum absolute atomic E-state index is 10.8. The number of halogens is 3. The summed E-state index contributed by atoms with van der Waals surface area (Å²) < 4.78 is 11.9. The lowest BCUT2D eigenvalue weighted by Gasteiger charge is -2.38. The Labute approximate surface area is 191 Å². The van der Waals surface area contributed by atoms with Crippen LogP contribution in [0.5, 0.6) is 11.5 Å². The fourth-order valence-electron chi connectivity index (χ4n) is 4.05. The molecule has 2 aliphatic heterocycles. The first-order valence-corrected chi connectivity index (χ1v) is 10.3. The van der Waals surface area contributed by atoms with Crippen LogP contribution in [-0.4, -0.2) is 47.2 Å². The second-order valence-electron chi connectivity index (χ2n) is 7.58. The summed E-state index contributed by atoms with van der Waals surface area (Å²) in [5, 5.41) is 9.83. The van der Waals surface area contributed by atoms with Gasteiger partial charge in [-0.1, -0.05) is 29.3 Å². The van der Waals surface area contributed by atoms with Gasteiger partial charge in [0.2, 0.25) is 0 Å². The molecule has 1 aromatic heterocycles. The topological polar surface area (TPSA) is 71.9 Å². The van der Waals surface area contributed by atoms with Crippen LogP contribution in [0.15, 0.2) is 30.6 Å². The van der Waals surface area contributed by atoms with Crippen LogP contribution >= 0.6 is 35.6 Å². The SMILES string of the molecule is Cl.O=C(O)CCN1CCC2(CC1)COc1cc(OCc3c(Cl)cncc3Cl)ccc12. The van der Waals surface area contributed by atoms with E-state index in [0.717, 1.165) is 31.7 Å². The number of hydrogen-bond acceptors (Lipinski definition) is 5. The van der Waals surface area contributed by atoms with Crippen LogP contribution in [0.2, 0.25) is 10.0 Å². The molecule has 1 N–H and O–H groups in total. The lowest BCUT2D eigenvalue weighted by atomic mass is 9.74. The molecule has 0 saturated carbocycles. The molecule has 4 rings (SSSR count). The molecule has 0 amide bonds. The molecule has 0 radical (unpaired) electrons. The number of rotatable bonds is 6. The van der Waals surface area contributed by atoms with E-state index in [4.69, 9.17) is 37.8 Å². The molecule has 0 unspecified atom stereocenters. The van der Waals surface area contributed by atoms with Gasteiger partial charge in [-0.25, -0.2) is 0 Å². The Hall–Kier alpha value is -1.73. The minimum absolute atomic E-state index is 0. The molecule has 3 heterocycles. The summed E-state index contributed by atoms with van der Waals surface area (Å²) in [5.41, 5.74) is 1.92. The van der Waals surface area contributed by atoms with Crippen molar-refractivity contribution in [2.45, 2.75) is 31.3 Å². The van der Waals surface area contributed by atoms with Crippen LogP contribution < -0.4 is 9.47 Å². The predicted molar refractivity (Wildman–Crippen MR) is 117 cm³/mol. The molecule has 0 atom stereocenters. The molecule has 1 spiro atoms. The first-order valence-electron chi connectivity index (χ1n) is 9.59. The summed E-state index contributed by atoms with van der Waals surface area (Å²) in [7, 11) is 0. The van der Waals surface area contributed by atoms with Crippen molar-refractivity contribution in [1.29, 1.82) is 0 Å². The summed E-state index contributed by atoms with van der Waals surface area (Å²) in [6.45, 7) is 3.27. The van der Waals surface area contributed by atoms with Crippen LogP contribution in [-0.2, 0) is 16.8 Å². The molecule has 1 fully saturated rings. The number of carboxylic acids is 1. The number of aliphatic carboxylic acids is 1. The maximum atomic E-state index is 10.8. The summed E-state index contributed by atoms with van der Waals surface area (Å²) in [5.74, 6) is 0.804. The van der Waals surface area contributed by atoms with E-state index in [9.17, 15) is 4.79 Å². The lowest BCUT2D eigenvalue weighted by Crippen LogP contribution is -2.44. The third-order valence-electron chi connectivity index (χ3n) is 5.82. The van der Waals surface area contributed by atoms with Crippen LogP contribution in [0.4, 0.5) is 0 Å². The number of ether oxygens (including phenoxy) is 2. The Morgan fingerprint density at radius 3 is 2.60 bits per heavy atom. The van der Waals surface area contributed by atoms with Crippen molar-refractivity contribution in [3.05, 3.63) is 51.8 Å². The van der Waals surface area contributed by atoms with E-state index < -0.39 is 5.97 Å². The Morgan fingerprint density at radius 2 is 1.93 bits per heavy atom. The van der Waals surface area contributed by atoms with E-state index in [-0.39, 0.29) is 30.8 Å². The van der Waals surface area contributed by atoms with Gasteiger partial charge in [-0.3, -0.25) is 9.78 Å². The number of pyridine rings is 1. The van der Waals surface area contributed by atoms with Gasteiger partial charge in [-0.05, 0) is 32.0 Å². The molecule has 162 valence electrons. The first kappa shape index (κ1) is 22.9. The Kier molecular flexibility index (Phi) is 7.34. The Balaban J connectivity index is 0.00000256. The molecular formula is C21H23Cl3N2O4. The fourth-order valence-corrected chi connectivity index (χ4v) is 4.52. The first-order chi connectivity index (χ1) is 14.0. The van der Waals surface area contributed by atoms with Crippen LogP contribution in [0.3, 0.4) is 0 Å². The van der Waals surface area contributed by atoms with Crippen LogP contribution in [0, 0.1) is 0 Å². The number of nitrogens with zero attached hydrogens (tertiary/aromatic N) is 2. The van der Waals surface area contributed by atoms with Crippen molar-refractivity contribution in [2.24, 2.45) is 0 Å². The fraction of sp³-hybridized carbons (Fsp3) is 0.429. The number of fused-ring (bicyclic) bond motifs is 2. The summed E-state index contributed by atoms with van der Waals surface area (Å²) in [4.78, 5) is 17.0. The van der Waals surface area contributed by atoms with Gasteiger partial charge in [0.1, 0.15) is 18.1 Å². The summed E-state index contributed by atoms with van der Waals surface area (Å²) in [6, 6.07) is 5.96. The zero-order valence-corrected chi connectivity index (χ0v) is 18.6. The third-order valence-corrected chi connectivity index (χ3v) is 6.47. The van der Waals surface area contributed by atoms with Crippen molar-refractivity contribution in [2.75, 3.05) is 26.2 Å². The van der Waals surface area contributed by atoms with Crippen molar-refractivity contribution >= 4 is 41.6 Å². The van der Waals surface area contributed by atoms with Crippen molar-refractivity contribution in [3.63, 3.8) is 0 Å². The maximum Gasteiger partial charge on any atom is 0.304 e. The molecule has 6 nitrogen and oxygen atoms in total. The Bertz CT molecular complexity index is 897. The highest BCUT2D eigenvalue weighted by molar-refractivity contribution is 6.35. The standard InChI is InChI=1S/C21H22Cl2N2O4.ClH/c22-17-10-24-11-18(23)15(17)12-28-14-1-2-16-19(9-14)29-13-21(16)4-7-25(8-5-21)6-3-20(26)27;/h1-2,9-11H,3-8,12-13H2,(H,26,27);1H. The van der Waals surface area contributed by atoms with E-state index in [2.05, 4.69) is 16.0 Å². The van der Waals surface area contributed by atoms with Gasteiger partial charge in [-0.15, -0.1) is 12.4 Å². The van der Waals surface area contributed by atoms with Crippen molar-refractivity contribution < 1.29 is 19.4 Å². The van der Waals surface area contributed by atoms with Crippen molar-refractivity contribution in [3.8, 4) is 11.5 Å². The summed E-state index contributed by atoms with van der Waals surface area (Å²) in [6.07, 6.45) is 5.20. The second kappa shape index (κ2) is 9.60. The monoisotopic (exact) mass is 472 g/mol. The van der Waals surface area contributed by atoms with E-state index in [0.29, 0.717) is 34.5 Å². The molecule has 1 aromatic carbocycles. The predicted octanol–water partition coefficient (Wildman–Crippen LogP) is 4.59. The minimum atomic E-state index is -0.748. The van der Waals surface area contributed by atoms with E-state index in [1.807, 2.05) is 12.1 Å². The quantitative estimate of drug-likeness (QED) is 0.661. The van der Waals surface area contributed by atoms with Crippen molar-refractivity contribution in [1.82, 2.24) is 9.88 Å². The smallest absolute Gasteiger partial charge is 0.304 e. The van der Waals surface area contributed by atoms with E-state index in [1.165, 1.54) is 5.56 Å². The minimum Gasteiger partial charge on any atom is -0.492 e. The number of likely N-dealkylation sites (tertiary alicyclic amines) is 1. The molecule has 2 aromatic rings. The molecule has 30 heavy (non-hydrogen) atoms. The van der Waals surface area contributed by atoms with Gasteiger partial charge >= 0.3 is 5.97 Å². The molecule has 0 bridgehead atoms. The van der Waals surface area contributed by atoms with Crippen LogP contribution in [0.25, 0.3) is 0 Å². The normalized spacial score (nSPS) is 17.1. The zero-order chi connectivity index (χ0) is 20.4. The molecular weight excluding hydrogens is 451 g/mol. The van der Waals surface area contributed by atoms with E-state index >= 15 is 0 Å². The number of hydrogen-bond donors (Lipinski definition) is 1.